The van der Waals surface area contributed by atoms with Crippen molar-refractivity contribution in [3.05, 3.63) is 16.3 Å². The Hall–Kier alpha value is -2.45. The molecule has 1 saturated carbocycles. The van der Waals surface area contributed by atoms with Gasteiger partial charge < -0.3 is 14.5 Å². The molecule has 0 amide bonds. The summed E-state index contributed by atoms with van der Waals surface area (Å²) in [5.74, 6) is 0.344. The van der Waals surface area contributed by atoms with Crippen LogP contribution >= 0.6 is 0 Å². The number of esters is 1. The molecule has 0 unspecified atom stereocenters. The molecule has 9 heteroatoms. The number of hydrogen-bond acceptors (Lipinski definition) is 8. The van der Waals surface area contributed by atoms with E-state index in [1.54, 1.807) is 0 Å². The van der Waals surface area contributed by atoms with Crippen LogP contribution in [0.3, 0.4) is 0 Å². The molecule has 1 aliphatic heterocycles. The minimum atomic E-state index is -0.599. The van der Waals surface area contributed by atoms with E-state index in [9.17, 15) is 14.9 Å². The third-order valence-corrected chi connectivity index (χ3v) is 5.48. The average Bonchev–Trinajstić information content (AvgIpc) is 3.38. The zero-order chi connectivity index (χ0) is 19.4. The van der Waals surface area contributed by atoms with Crippen LogP contribution in [0.2, 0.25) is 0 Å². The second-order valence-electron chi connectivity index (χ2n) is 7.12. The predicted molar refractivity (Wildman–Crippen MR) is 101 cm³/mol. The molecule has 0 bridgehead atoms. The van der Waals surface area contributed by atoms with Gasteiger partial charge in [-0.1, -0.05) is 19.8 Å². The molecular weight excluding hydrogens is 350 g/mol. The molecular formula is C18H27N5O4. The maximum Gasteiger partial charge on any atom is 0.329 e. The molecule has 27 heavy (non-hydrogen) atoms. The molecule has 1 aromatic heterocycles. The van der Waals surface area contributed by atoms with Crippen molar-refractivity contribution in [3.63, 3.8) is 0 Å². The first-order valence-electron chi connectivity index (χ1n) is 9.69. The van der Waals surface area contributed by atoms with Crippen LogP contribution in [0.4, 0.5) is 17.5 Å². The number of hydrogen-bond donors (Lipinski definition) is 0. The summed E-state index contributed by atoms with van der Waals surface area (Å²) in [5, 5.41) is 11.7. The standard InChI is InChI=1S/C18H27N5O4/c1-3-14(17(24)27-2)22(13-8-4-5-9-13)16-15(23(25)26)12-19-18(20-16)21-10-6-7-11-21/h12-14H,3-11H2,1-2H3/t14-/m1/s1. The molecule has 0 N–H and O–H groups in total. The van der Waals surface area contributed by atoms with E-state index in [1.165, 1.54) is 13.3 Å². The molecule has 1 atom stereocenters. The van der Waals surface area contributed by atoms with E-state index in [0.29, 0.717) is 12.4 Å². The van der Waals surface area contributed by atoms with Gasteiger partial charge in [0, 0.05) is 19.1 Å². The van der Waals surface area contributed by atoms with Gasteiger partial charge in [-0.15, -0.1) is 0 Å². The lowest BCUT2D eigenvalue weighted by atomic mass is 10.1. The lowest BCUT2D eigenvalue weighted by Crippen LogP contribution is -2.48. The number of aromatic nitrogens is 2. The molecule has 1 aromatic rings. The van der Waals surface area contributed by atoms with Gasteiger partial charge in [0.05, 0.1) is 12.0 Å². The summed E-state index contributed by atoms with van der Waals surface area (Å²) >= 11 is 0. The maximum atomic E-state index is 12.4. The van der Waals surface area contributed by atoms with Crippen molar-refractivity contribution in [2.24, 2.45) is 0 Å². The Balaban J connectivity index is 2.08. The van der Waals surface area contributed by atoms with Gasteiger partial charge in [-0.25, -0.2) is 9.78 Å². The van der Waals surface area contributed by atoms with Crippen LogP contribution in [0.5, 0.6) is 0 Å². The topological polar surface area (TPSA) is 102 Å². The molecule has 0 aromatic carbocycles. The molecule has 0 radical (unpaired) electrons. The van der Waals surface area contributed by atoms with Crippen LogP contribution < -0.4 is 9.80 Å². The fourth-order valence-corrected chi connectivity index (χ4v) is 4.12. The van der Waals surface area contributed by atoms with Gasteiger partial charge in [0.25, 0.3) is 0 Å². The summed E-state index contributed by atoms with van der Waals surface area (Å²) in [6.07, 6.45) is 7.73. The second-order valence-corrected chi connectivity index (χ2v) is 7.12. The van der Waals surface area contributed by atoms with E-state index < -0.39 is 11.0 Å². The second kappa shape index (κ2) is 8.49. The molecule has 2 fully saturated rings. The maximum absolute atomic E-state index is 12.4. The first-order chi connectivity index (χ1) is 13.1. The van der Waals surface area contributed by atoms with Crippen LogP contribution in [-0.2, 0) is 9.53 Å². The predicted octanol–water partition coefficient (Wildman–Crippen LogP) is 2.69. The van der Waals surface area contributed by atoms with Gasteiger partial charge in [0.2, 0.25) is 11.8 Å². The number of nitro groups is 1. The number of methoxy groups -OCH3 is 1. The summed E-state index contributed by atoms with van der Waals surface area (Å²) in [6, 6.07) is -0.563. The van der Waals surface area contributed by atoms with Gasteiger partial charge in [-0.3, -0.25) is 10.1 Å². The Morgan fingerprint density at radius 1 is 1.37 bits per heavy atom. The van der Waals surface area contributed by atoms with E-state index in [0.717, 1.165) is 51.6 Å². The molecule has 2 aliphatic rings. The van der Waals surface area contributed by atoms with Gasteiger partial charge >= 0.3 is 11.7 Å². The van der Waals surface area contributed by atoms with E-state index in [-0.39, 0.29) is 23.5 Å². The Kier molecular flexibility index (Phi) is 6.08. The highest BCUT2D eigenvalue weighted by molar-refractivity contribution is 5.81. The normalized spacial score (nSPS) is 18.5. The molecule has 0 spiro atoms. The summed E-state index contributed by atoms with van der Waals surface area (Å²) in [5.41, 5.74) is -0.160. The number of carbonyl (C=O) groups excluding carboxylic acids is 1. The van der Waals surface area contributed by atoms with E-state index >= 15 is 0 Å². The molecule has 1 saturated heterocycles. The Morgan fingerprint density at radius 3 is 2.59 bits per heavy atom. The van der Waals surface area contributed by atoms with E-state index in [2.05, 4.69) is 9.97 Å². The number of ether oxygens (including phenoxy) is 1. The van der Waals surface area contributed by atoms with Crippen LogP contribution in [0.1, 0.15) is 51.9 Å². The average molecular weight is 377 g/mol. The lowest BCUT2D eigenvalue weighted by molar-refractivity contribution is -0.384. The lowest BCUT2D eigenvalue weighted by Gasteiger charge is -2.35. The van der Waals surface area contributed by atoms with Crippen LogP contribution in [0, 0.1) is 10.1 Å². The minimum Gasteiger partial charge on any atom is -0.467 e. The number of carbonyl (C=O) groups is 1. The monoisotopic (exact) mass is 377 g/mol. The van der Waals surface area contributed by atoms with Crippen molar-refractivity contribution >= 4 is 23.4 Å². The molecule has 2 heterocycles. The Bertz CT molecular complexity index is 686. The summed E-state index contributed by atoms with van der Waals surface area (Å²) in [6.45, 7) is 3.57. The quantitative estimate of drug-likeness (QED) is 0.406. The first kappa shape index (κ1) is 19.3. The highest BCUT2D eigenvalue weighted by atomic mass is 16.6. The third-order valence-electron chi connectivity index (χ3n) is 5.48. The minimum absolute atomic E-state index is 0.0362. The number of nitrogens with zero attached hydrogens (tertiary/aromatic N) is 5. The SMILES string of the molecule is CC[C@H](C(=O)OC)N(c1nc(N2CCCC2)ncc1[N+](=O)[O-])C1CCCC1. The van der Waals surface area contributed by atoms with Gasteiger partial charge in [0.15, 0.2) is 0 Å². The molecule has 9 nitrogen and oxygen atoms in total. The zero-order valence-electron chi connectivity index (χ0n) is 16.0. The number of anilines is 2. The smallest absolute Gasteiger partial charge is 0.329 e. The van der Waals surface area contributed by atoms with Gasteiger partial charge in [-0.2, -0.15) is 4.98 Å². The highest BCUT2D eigenvalue weighted by Gasteiger charge is 2.38. The van der Waals surface area contributed by atoms with E-state index in [1.807, 2.05) is 16.7 Å². The third kappa shape index (κ3) is 3.96. The Morgan fingerprint density at radius 2 is 2.04 bits per heavy atom. The fraction of sp³-hybridized carbons (Fsp3) is 0.722. The van der Waals surface area contributed by atoms with Crippen molar-refractivity contribution in [1.82, 2.24) is 9.97 Å². The van der Waals surface area contributed by atoms with Crippen LogP contribution in [0.15, 0.2) is 6.20 Å². The molecule has 1 aliphatic carbocycles. The van der Waals surface area contributed by atoms with Crippen molar-refractivity contribution in [1.29, 1.82) is 0 Å². The summed E-state index contributed by atoms with van der Waals surface area (Å²) in [7, 11) is 1.35. The number of rotatable bonds is 7. The van der Waals surface area contributed by atoms with Crippen molar-refractivity contribution in [2.45, 2.75) is 64.0 Å². The van der Waals surface area contributed by atoms with Crippen LogP contribution in [0.25, 0.3) is 0 Å². The van der Waals surface area contributed by atoms with Crippen molar-refractivity contribution < 1.29 is 14.5 Å². The highest BCUT2D eigenvalue weighted by Crippen LogP contribution is 2.36. The summed E-state index contributed by atoms with van der Waals surface area (Å²) in [4.78, 5) is 36.4. The zero-order valence-corrected chi connectivity index (χ0v) is 16.0. The summed E-state index contributed by atoms with van der Waals surface area (Å²) < 4.78 is 4.99. The van der Waals surface area contributed by atoms with Crippen LogP contribution in [-0.4, -0.2) is 53.1 Å². The Labute approximate surface area is 158 Å². The van der Waals surface area contributed by atoms with Gasteiger partial charge in [0.1, 0.15) is 12.2 Å². The van der Waals surface area contributed by atoms with Crippen molar-refractivity contribution in [2.75, 3.05) is 30.0 Å². The largest absolute Gasteiger partial charge is 0.467 e. The first-order valence-corrected chi connectivity index (χ1v) is 9.69. The molecule has 3 rings (SSSR count). The van der Waals surface area contributed by atoms with E-state index in [4.69, 9.17) is 4.74 Å². The fourth-order valence-electron chi connectivity index (χ4n) is 4.12. The van der Waals surface area contributed by atoms with Crippen molar-refractivity contribution in [3.8, 4) is 0 Å². The van der Waals surface area contributed by atoms with Gasteiger partial charge in [-0.05, 0) is 32.1 Å². The molecule has 148 valence electrons.